The lowest BCUT2D eigenvalue weighted by atomic mass is 10.0. The summed E-state index contributed by atoms with van der Waals surface area (Å²) >= 11 is 0. The molecular formula is C69H120O6. The van der Waals surface area contributed by atoms with Crippen LogP contribution >= 0.6 is 0 Å². The molecule has 0 fully saturated rings. The average molecular weight is 1050 g/mol. The van der Waals surface area contributed by atoms with Crippen molar-refractivity contribution in [1.82, 2.24) is 0 Å². The zero-order chi connectivity index (χ0) is 54.3. The first kappa shape index (κ1) is 71.6. The molecule has 1 atom stereocenters. The van der Waals surface area contributed by atoms with E-state index in [0.29, 0.717) is 19.3 Å². The Bertz CT molecular complexity index is 1430. The van der Waals surface area contributed by atoms with Crippen LogP contribution in [0.4, 0.5) is 0 Å². The Kier molecular flexibility index (Phi) is 60.3. The normalized spacial score (nSPS) is 12.6. The summed E-state index contributed by atoms with van der Waals surface area (Å²) in [4.78, 5) is 38.2. The molecule has 432 valence electrons. The summed E-state index contributed by atoms with van der Waals surface area (Å²) in [5.41, 5.74) is 0. The summed E-state index contributed by atoms with van der Waals surface area (Å²) in [6.45, 7) is 6.51. The fraction of sp³-hybridized carbons (Fsp3) is 0.754. The number of carbonyl (C=O) groups is 3. The monoisotopic (exact) mass is 1040 g/mol. The predicted molar refractivity (Wildman–Crippen MR) is 325 cm³/mol. The summed E-state index contributed by atoms with van der Waals surface area (Å²) in [6.07, 6.45) is 83.2. The molecule has 0 saturated carbocycles. The molecule has 6 heteroatoms. The number of unbranched alkanes of at least 4 members (excludes halogenated alkanes) is 33. The van der Waals surface area contributed by atoms with Gasteiger partial charge in [0.15, 0.2) is 6.10 Å². The van der Waals surface area contributed by atoms with Crippen molar-refractivity contribution >= 4 is 17.9 Å². The van der Waals surface area contributed by atoms with E-state index in [0.717, 1.165) is 89.9 Å². The zero-order valence-corrected chi connectivity index (χ0v) is 49.6. The fourth-order valence-electron chi connectivity index (χ4n) is 9.09. The summed E-state index contributed by atoms with van der Waals surface area (Å²) in [7, 11) is 0. The Balaban J connectivity index is 4.24. The molecule has 6 nitrogen and oxygen atoms in total. The van der Waals surface area contributed by atoms with E-state index in [9.17, 15) is 14.4 Å². The third kappa shape index (κ3) is 61.3. The van der Waals surface area contributed by atoms with Crippen LogP contribution in [-0.4, -0.2) is 37.2 Å². The summed E-state index contributed by atoms with van der Waals surface area (Å²) < 4.78 is 16.9. The number of hydrogen-bond acceptors (Lipinski definition) is 6. The summed E-state index contributed by atoms with van der Waals surface area (Å²) in [5.74, 6) is -0.921. The van der Waals surface area contributed by atoms with Gasteiger partial charge in [-0.15, -0.1) is 0 Å². The highest BCUT2D eigenvalue weighted by Crippen LogP contribution is 2.17. The first-order valence-electron chi connectivity index (χ1n) is 32.1. The van der Waals surface area contributed by atoms with E-state index in [2.05, 4.69) is 106 Å². The molecule has 0 aromatic heterocycles. The van der Waals surface area contributed by atoms with E-state index in [4.69, 9.17) is 14.2 Å². The highest BCUT2D eigenvalue weighted by atomic mass is 16.6. The molecule has 0 amide bonds. The van der Waals surface area contributed by atoms with Crippen molar-refractivity contribution in [2.24, 2.45) is 0 Å². The molecule has 0 N–H and O–H groups in total. The smallest absolute Gasteiger partial charge is 0.306 e. The molecular weight excluding hydrogens is 925 g/mol. The van der Waals surface area contributed by atoms with E-state index in [-0.39, 0.29) is 37.5 Å². The fourth-order valence-corrected chi connectivity index (χ4v) is 9.09. The van der Waals surface area contributed by atoms with E-state index < -0.39 is 6.10 Å². The van der Waals surface area contributed by atoms with Gasteiger partial charge in [-0.2, -0.15) is 0 Å². The van der Waals surface area contributed by atoms with Gasteiger partial charge in [-0.3, -0.25) is 14.4 Å². The molecule has 0 aromatic rings. The van der Waals surface area contributed by atoms with Gasteiger partial charge in [-0.25, -0.2) is 0 Å². The van der Waals surface area contributed by atoms with Gasteiger partial charge in [0.25, 0.3) is 0 Å². The van der Waals surface area contributed by atoms with Crippen LogP contribution in [0.15, 0.2) is 85.1 Å². The lowest BCUT2D eigenvalue weighted by Crippen LogP contribution is -2.30. The Morgan fingerprint density at radius 1 is 0.280 bits per heavy atom. The zero-order valence-electron chi connectivity index (χ0n) is 49.6. The van der Waals surface area contributed by atoms with Crippen molar-refractivity contribution in [2.45, 2.75) is 322 Å². The third-order valence-electron chi connectivity index (χ3n) is 13.9. The molecule has 0 rings (SSSR count). The Hall–Kier alpha value is -3.41. The Labute approximate surface area is 465 Å². The maximum absolute atomic E-state index is 12.9. The first-order valence-corrected chi connectivity index (χ1v) is 32.1. The molecule has 1 unspecified atom stereocenters. The molecule has 0 saturated heterocycles. The van der Waals surface area contributed by atoms with Crippen LogP contribution in [0.1, 0.15) is 316 Å². The molecule has 75 heavy (non-hydrogen) atoms. The van der Waals surface area contributed by atoms with Crippen LogP contribution < -0.4 is 0 Å². The molecule has 0 aromatic carbocycles. The van der Waals surface area contributed by atoms with Gasteiger partial charge in [0.2, 0.25) is 0 Å². The Morgan fingerprint density at radius 2 is 0.520 bits per heavy atom. The van der Waals surface area contributed by atoms with E-state index in [1.165, 1.54) is 180 Å². The number of allylic oxidation sites excluding steroid dienone is 14. The largest absolute Gasteiger partial charge is 0.462 e. The second-order valence-electron chi connectivity index (χ2n) is 21.3. The molecule has 0 aliphatic rings. The van der Waals surface area contributed by atoms with Gasteiger partial charge in [0.1, 0.15) is 13.2 Å². The quantitative estimate of drug-likeness (QED) is 0.0261. The lowest BCUT2D eigenvalue weighted by molar-refractivity contribution is -0.167. The van der Waals surface area contributed by atoms with Crippen LogP contribution in [0.3, 0.4) is 0 Å². The highest BCUT2D eigenvalue weighted by Gasteiger charge is 2.19. The number of ether oxygens (including phenoxy) is 3. The van der Waals surface area contributed by atoms with Gasteiger partial charge in [-0.05, 0) is 96.3 Å². The van der Waals surface area contributed by atoms with E-state index >= 15 is 0 Å². The van der Waals surface area contributed by atoms with Crippen molar-refractivity contribution in [3.63, 3.8) is 0 Å². The molecule has 0 aliphatic heterocycles. The number of carbonyl (C=O) groups excluding carboxylic acids is 3. The topological polar surface area (TPSA) is 78.9 Å². The predicted octanol–water partition coefficient (Wildman–Crippen LogP) is 21.9. The van der Waals surface area contributed by atoms with Crippen molar-refractivity contribution in [2.75, 3.05) is 13.2 Å². The maximum Gasteiger partial charge on any atom is 0.306 e. The van der Waals surface area contributed by atoms with Crippen LogP contribution in [0.2, 0.25) is 0 Å². The van der Waals surface area contributed by atoms with Crippen LogP contribution in [-0.2, 0) is 28.6 Å². The maximum atomic E-state index is 12.9. The van der Waals surface area contributed by atoms with Crippen molar-refractivity contribution in [3.05, 3.63) is 85.1 Å². The van der Waals surface area contributed by atoms with Crippen LogP contribution in [0.5, 0.6) is 0 Å². The van der Waals surface area contributed by atoms with E-state index in [1.807, 2.05) is 0 Å². The van der Waals surface area contributed by atoms with Crippen molar-refractivity contribution in [1.29, 1.82) is 0 Å². The lowest BCUT2D eigenvalue weighted by Gasteiger charge is -2.18. The minimum atomic E-state index is -0.797. The first-order chi connectivity index (χ1) is 37.0. The molecule has 0 radical (unpaired) electrons. The van der Waals surface area contributed by atoms with Crippen molar-refractivity contribution < 1.29 is 28.6 Å². The molecule has 0 aliphatic carbocycles. The van der Waals surface area contributed by atoms with Crippen LogP contribution in [0.25, 0.3) is 0 Å². The van der Waals surface area contributed by atoms with Gasteiger partial charge in [0, 0.05) is 19.3 Å². The summed E-state index contributed by atoms with van der Waals surface area (Å²) in [6, 6.07) is 0. The highest BCUT2D eigenvalue weighted by molar-refractivity contribution is 5.71. The molecule has 0 heterocycles. The van der Waals surface area contributed by atoms with Crippen molar-refractivity contribution in [3.8, 4) is 0 Å². The van der Waals surface area contributed by atoms with Gasteiger partial charge in [0.05, 0.1) is 0 Å². The third-order valence-corrected chi connectivity index (χ3v) is 13.9. The SMILES string of the molecule is CC/C=C\C/C=C\C/C=C\C/C=C\CCCCC(=O)OC(COC(=O)CCCCCCCCCCCCCCC)COC(=O)CCCCCCCCCCCCCCCC/C=C\C/C=C\C/C=C\CCCCCCC. The second-order valence-corrected chi connectivity index (χ2v) is 21.3. The second kappa shape index (κ2) is 63.1. The summed E-state index contributed by atoms with van der Waals surface area (Å²) in [5, 5.41) is 0. The minimum Gasteiger partial charge on any atom is -0.462 e. The van der Waals surface area contributed by atoms with Gasteiger partial charge in [-0.1, -0.05) is 286 Å². The molecule has 0 spiro atoms. The van der Waals surface area contributed by atoms with E-state index in [1.54, 1.807) is 0 Å². The van der Waals surface area contributed by atoms with Gasteiger partial charge < -0.3 is 14.2 Å². The van der Waals surface area contributed by atoms with Crippen LogP contribution in [0, 0.1) is 0 Å². The van der Waals surface area contributed by atoms with Gasteiger partial charge >= 0.3 is 17.9 Å². The number of rotatable bonds is 58. The minimum absolute atomic E-state index is 0.0902. The average Bonchev–Trinajstić information content (AvgIpc) is 3.41. The number of hydrogen-bond donors (Lipinski definition) is 0. The number of esters is 3. The molecule has 0 bridgehead atoms. The Morgan fingerprint density at radius 3 is 0.840 bits per heavy atom. The standard InChI is InChI=1S/C69H120O6/c1-4-7-10-13-16-19-22-25-27-28-29-30-31-32-33-34-35-36-37-38-39-40-42-44-47-50-53-56-59-62-68(71)74-65-66(64-73-67(70)61-58-55-52-49-46-43-24-21-18-15-12-9-6-3)75-69(72)63-60-57-54-51-48-45-41-26-23-20-17-14-11-8-5-2/h8,11,17,20,22,25-26,28-29,31-32,41,48,51,66H,4-7,9-10,12-16,18-19,21,23-24,27,30,33-40,42-47,49-50,52-65H2,1-3H3/b11-8-,20-17-,25-22-,29-28-,32-31-,41-26-,51-48-.